The van der Waals surface area contributed by atoms with E-state index in [1.807, 2.05) is 30.3 Å². The number of aliphatic hydroxyl groups is 1. The summed E-state index contributed by atoms with van der Waals surface area (Å²) >= 11 is 0. The van der Waals surface area contributed by atoms with Crippen LogP contribution in [-0.2, 0) is 6.61 Å². The molecule has 1 heterocycles. The zero-order valence-electron chi connectivity index (χ0n) is 13.7. The topological polar surface area (TPSA) is 71.7 Å². The van der Waals surface area contributed by atoms with Crippen molar-refractivity contribution in [1.29, 1.82) is 0 Å². The Bertz CT molecular complexity index is 659. The van der Waals surface area contributed by atoms with Crippen LogP contribution in [0.1, 0.15) is 48.2 Å². The molecule has 1 aromatic heterocycles. The summed E-state index contributed by atoms with van der Waals surface area (Å²) in [6, 6.07) is 11.1. The van der Waals surface area contributed by atoms with E-state index in [1.54, 1.807) is 6.07 Å². The molecule has 1 aliphatic rings. The molecule has 128 valence electrons. The normalized spacial score (nSPS) is 16.5. The number of ether oxygens (including phenoxy) is 1. The number of hydrogen-bond acceptors (Lipinski definition) is 4. The van der Waals surface area contributed by atoms with E-state index < -0.39 is 5.60 Å². The molecule has 0 unspecified atom stereocenters. The van der Waals surface area contributed by atoms with Crippen molar-refractivity contribution in [3.05, 3.63) is 54.0 Å². The maximum atomic E-state index is 12.4. The fourth-order valence-electron chi connectivity index (χ4n) is 3.04. The van der Waals surface area contributed by atoms with Gasteiger partial charge in [-0.3, -0.25) is 4.79 Å². The van der Waals surface area contributed by atoms with Crippen LogP contribution in [0, 0.1) is 0 Å². The van der Waals surface area contributed by atoms with E-state index in [1.165, 1.54) is 6.26 Å². The van der Waals surface area contributed by atoms with Crippen molar-refractivity contribution in [2.75, 3.05) is 6.54 Å². The number of carbonyl (C=O) groups excluding carboxylic acids is 1. The van der Waals surface area contributed by atoms with Crippen molar-refractivity contribution in [1.82, 2.24) is 5.32 Å². The van der Waals surface area contributed by atoms with Crippen LogP contribution in [0.25, 0.3) is 0 Å². The van der Waals surface area contributed by atoms with E-state index in [-0.39, 0.29) is 24.8 Å². The van der Waals surface area contributed by atoms with Crippen LogP contribution in [-0.4, -0.2) is 23.2 Å². The molecule has 2 N–H and O–H groups in total. The summed E-state index contributed by atoms with van der Waals surface area (Å²) in [6.45, 7) is 0.513. The van der Waals surface area contributed by atoms with Gasteiger partial charge >= 0.3 is 0 Å². The van der Waals surface area contributed by atoms with Gasteiger partial charge in [0, 0.05) is 12.1 Å². The summed E-state index contributed by atoms with van der Waals surface area (Å²) in [4.78, 5) is 12.4. The Balaban J connectivity index is 1.56. The fourth-order valence-corrected chi connectivity index (χ4v) is 3.04. The lowest BCUT2D eigenvalue weighted by atomic mass is 9.85. The molecule has 0 saturated heterocycles. The fraction of sp³-hybridized carbons (Fsp3) is 0.421. The molecule has 0 radical (unpaired) electrons. The Kier molecular flexibility index (Phi) is 5.20. The van der Waals surface area contributed by atoms with Crippen LogP contribution in [0.4, 0.5) is 0 Å². The molecule has 2 aromatic rings. The smallest absolute Gasteiger partial charge is 0.287 e. The second-order valence-corrected chi connectivity index (χ2v) is 6.34. The van der Waals surface area contributed by atoms with Crippen LogP contribution in [0.15, 0.2) is 47.1 Å². The molecular formula is C19H23NO4. The molecule has 1 saturated carbocycles. The first kappa shape index (κ1) is 16.6. The Morgan fingerprint density at radius 2 is 1.92 bits per heavy atom. The van der Waals surface area contributed by atoms with E-state index in [0.717, 1.165) is 37.9 Å². The van der Waals surface area contributed by atoms with Gasteiger partial charge in [0.2, 0.25) is 0 Å². The van der Waals surface area contributed by atoms with Gasteiger partial charge in [-0.05, 0) is 31.0 Å². The quantitative estimate of drug-likeness (QED) is 0.853. The van der Waals surface area contributed by atoms with Crippen molar-refractivity contribution in [3.8, 4) is 5.75 Å². The SMILES string of the molecule is O=C(NCC1(O)CCCCC1)c1occc1COc1ccccc1. The van der Waals surface area contributed by atoms with Gasteiger partial charge in [-0.25, -0.2) is 0 Å². The number of para-hydroxylation sites is 1. The second-order valence-electron chi connectivity index (χ2n) is 6.34. The maximum absolute atomic E-state index is 12.4. The molecule has 1 fully saturated rings. The van der Waals surface area contributed by atoms with E-state index in [2.05, 4.69) is 5.32 Å². The molecule has 0 spiro atoms. The lowest BCUT2D eigenvalue weighted by Gasteiger charge is -2.31. The van der Waals surface area contributed by atoms with Gasteiger partial charge in [-0.1, -0.05) is 37.5 Å². The van der Waals surface area contributed by atoms with Crippen molar-refractivity contribution in [2.24, 2.45) is 0 Å². The lowest BCUT2D eigenvalue weighted by molar-refractivity contribution is 0.00500. The highest BCUT2D eigenvalue weighted by Gasteiger charge is 2.30. The summed E-state index contributed by atoms with van der Waals surface area (Å²) in [5.74, 6) is 0.664. The van der Waals surface area contributed by atoms with E-state index in [9.17, 15) is 9.90 Å². The molecule has 24 heavy (non-hydrogen) atoms. The molecule has 0 atom stereocenters. The summed E-state index contributed by atoms with van der Waals surface area (Å²) in [5, 5.41) is 13.3. The van der Waals surface area contributed by atoms with Gasteiger partial charge in [0.1, 0.15) is 12.4 Å². The number of carbonyl (C=O) groups is 1. The summed E-state index contributed by atoms with van der Waals surface area (Å²) < 4.78 is 11.0. The van der Waals surface area contributed by atoms with Gasteiger partial charge in [-0.15, -0.1) is 0 Å². The molecule has 1 amide bonds. The molecule has 3 rings (SSSR count). The highest BCUT2D eigenvalue weighted by Crippen LogP contribution is 2.27. The number of amides is 1. The Morgan fingerprint density at radius 1 is 1.17 bits per heavy atom. The molecule has 1 aliphatic carbocycles. The van der Waals surface area contributed by atoms with Gasteiger partial charge < -0.3 is 19.6 Å². The minimum absolute atomic E-state index is 0.241. The van der Waals surface area contributed by atoms with Gasteiger partial charge in [0.15, 0.2) is 5.76 Å². The lowest BCUT2D eigenvalue weighted by Crippen LogP contribution is -2.44. The highest BCUT2D eigenvalue weighted by molar-refractivity contribution is 5.92. The Labute approximate surface area is 141 Å². The zero-order valence-corrected chi connectivity index (χ0v) is 13.7. The third kappa shape index (κ3) is 4.17. The standard InChI is InChI=1S/C19H23NO4/c21-18(20-14-19(22)10-5-2-6-11-19)17-15(9-12-23-17)13-24-16-7-3-1-4-8-16/h1,3-4,7-9,12,22H,2,5-6,10-11,13-14H2,(H,20,21). The third-order valence-electron chi connectivity index (χ3n) is 4.45. The summed E-state index contributed by atoms with van der Waals surface area (Å²) in [5.41, 5.74) is -0.103. The molecule has 0 bridgehead atoms. The first-order chi connectivity index (χ1) is 11.7. The molecule has 1 aromatic carbocycles. The van der Waals surface area contributed by atoms with Crippen LogP contribution in [0.2, 0.25) is 0 Å². The van der Waals surface area contributed by atoms with E-state index in [0.29, 0.717) is 5.56 Å². The number of rotatable bonds is 6. The van der Waals surface area contributed by atoms with E-state index >= 15 is 0 Å². The Morgan fingerprint density at radius 3 is 2.67 bits per heavy atom. The number of furan rings is 1. The van der Waals surface area contributed by atoms with E-state index in [4.69, 9.17) is 9.15 Å². The van der Waals surface area contributed by atoms with Crippen molar-refractivity contribution < 1.29 is 19.1 Å². The average molecular weight is 329 g/mol. The monoisotopic (exact) mass is 329 g/mol. The predicted octanol–water partition coefficient (Wildman–Crippen LogP) is 3.28. The third-order valence-corrected chi connectivity index (χ3v) is 4.45. The minimum atomic E-state index is -0.790. The predicted molar refractivity (Wildman–Crippen MR) is 89.9 cm³/mol. The zero-order chi connectivity index (χ0) is 16.8. The van der Waals surface area contributed by atoms with Crippen LogP contribution in [0.5, 0.6) is 5.75 Å². The summed E-state index contributed by atoms with van der Waals surface area (Å²) in [7, 11) is 0. The highest BCUT2D eigenvalue weighted by atomic mass is 16.5. The Hall–Kier alpha value is -2.27. The van der Waals surface area contributed by atoms with Gasteiger partial charge in [0.05, 0.1) is 11.9 Å². The van der Waals surface area contributed by atoms with Crippen molar-refractivity contribution >= 4 is 5.91 Å². The minimum Gasteiger partial charge on any atom is -0.489 e. The molecular weight excluding hydrogens is 306 g/mol. The molecule has 5 nitrogen and oxygen atoms in total. The van der Waals surface area contributed by atoms with Crippen LogP contribution in [0.3, 0.4) is 0 Å². The average Bonchev–Trinajstić information content (AvgIpc) is 3.08. The van der Waals surface area contributed by atoms with Crippen molar-refractivity contribution in [2.45, 2.75) is 44.3 Å². The first-order valence-electron chi connectivity index (χ1n) is 8.41. The molecule has 0 aliphatic heterocycles. The van der Waals surface area contributed by atoms with Gasteiger partial charge in [-0.2, -0.15) is 0 Å². The summed E-state index contributed by atoms with van der Waals surface area (Å²) in [6.07, 6.45) is 6.10. The van der Waals surface area contributed by atoms with Crippen molar-refractivity contribution in [3.63, 3.8) is 0 Å². The second kappa shape index (κ2) is 7.53. The number of hydrogen-bond donors (Lipinski definition) is 2. The number of benzene rings is 1. The van der Waals surface area contributed by atoms with Gasteiger partial charge in [0.25, 0.3) is 5.91 Å². The largest absolute Gasteiger partial charge is 0.489 e. The van der Waals surface area contributed by atoms with Crippen LogP contribution < -0.4 is 10.1 Å². The number of nitrogens with one attached hydrogen (secondary N) is 1. The van der Waals surface area contributed by atoms with Crippen LogP contribution >= 0.6 is 0 Å². The maximum Gasteiger partial charge on any atom is 0.287 e. The molecule has 5 heteroatoms. The first-order valence-corrected chi connectivity index (χ1v) is 8.41.